The fourth-order valence-electron chi connectivity index (χ4n) is 2.73. The number of hydrogen-bond donors (Lipinski definition) is 0. The summed E-state index contributed by atoms with van der Waals surface area (Å²) in [5.41, 5.74) is 2.37. The molecule has 0 unspecified atom stereocenters. The molecule has 4 nitrogen and oxygen atoms in total. The number of aromatic nitrogens is 3. The first-order valence-corrected chi connectivity index (χ1v) is 8.49. The lowest BCUT2D eigenvalue weighted by atomic mass is 10.2. The average Bonchev–Trinajstić information content (AvgIpc) is 3.11. The van der Waals surface area contributed by atoms with E-state index in [0.29, 0.717) is 0 Å². The second-order valence-corrected chi connectivity index (χ2v) is 6.22. The van der Waals surface area contributed by atoms with Crippen LogP contribution in [0.4, 0.5) is 0 Å². The molecule has 0 bridgehead atoms. The van der Waals surface area contributed by atoms with Gasteiger partial charge >= 0.3 is 0 Å². The summed E-state index contributed by atoms with van der Waals surface area (Å²) in [6.07, 6.45) is 10.5. The van der Waals surface area contributed by atoms with Gasteiger partial charge in [0.15, 0.2) is 0 Å². The van der Waals surface area contributed by atoms with Crippen LogP contribution in [0.1, 0.15) is 17.5 Å². The van der Waals surface area contributed by atoms with E-state index in [1.54, 1.807) is 6.20 Å². The van der Waals surface area contributed by atoms with Crippen molar-refractivity contribution in [3.05, 3.63) is 83.7 Å². The number of hydrogen-bond acceptors (Lipinski definition) is 3. The van der Waals surface area contributed by atoms with Gasteiger partial charge in [-0.3, -0.25) is 9.88 Å². The molecule has 0 amide bonds. The van der Waals surface area contributed by atoms with Gasteiger partial charge < -0.3 is 4.57 Å². The van der Waals surface area contributed by atoms with E-state index in [1.165, 1.54) is 5.56 Å². The van der Waals surface area contributed by atoms with Crippen LogP contribution in [0.5, 0.6) is 0 Å². The van der Waals surface area contributed by atoms with Crippen molar-refractivity contribution in [3.63, 3.8) is 0 Å². The highest BCUT2D eigenvalue weighted by atomic mass is 35.5. The Balaban J connectivity index is 1.64. The van der Waals surface area contributed by atoms with E-state index in [4.69, 9.17) is 11.6 Å². The van der Waals surface area contributed by atoms with Gasteiger partial charge in [0.2, 0.25) is 0 Å². The van der Waals surface area contributed by atoms with Crippen LogP contribution < -0.4 is 0 Å². The number of rotatable bonds is 8. The quantitative estimate of drug-likeness (QED) is 0.621. The Kier molecular flexibility index (Phi) is 5.99. The summed E-state index contributed by atoms with van der Waals surface area (Å²) >= 11 is 6.34. The van der Waals surface area contributed by atoms with Gasteiger partial charge in [0, 0.05) is 56.0 Å². The summed E-state index contributed by atoms with van der Waals surface area (Å²) in [4.78, 5) is 10.7. The molecule has 0 aliphatic heterocycles. The van der Waals surface area contributed by atoms with E-state index in [9.17, 15) is 0 Å². The molecule has 3 rings (SSSR count). The van der Waals surface area contributed by atoms with E-state index in [1.807, 2.05) is 49.2 Å². The normalized spacial score (nSPS) is 11.1. The van der Waals surface area contributed by atoms with Crippen LogP contribution in [-0.4, -0.2) is 26.0 Å². The van der Waals surface area contributed by atoms with Crippen LogP contribution in [0.2, 0.25) is 5.02 Å². The van der Waals surface area contributed by atoms with Gasteiger partial charge in [0.1, 0.15) is 0 Å². The first-order valence-electron chi connectivity index (χ1n) is 8.11. The molecular weight excluding hydrogens is 320 g/mol. The van der Waals surface area contributed by atoms with E-state index in [-0.39, 0.29) is 0 Å². The van der Waals surface area contributed by atoms with Crippen molar-refractivity contribution in [2.75, 3.05) is 6.54 Å². The van der Waals surface area contributed by atoms with Crippen molar-refractivity contribution < 1.29 is 0 Å². The minimum atomic E-state index is 0.822. The number of imidazole rings is 1. The minimum Gasteiger partial charge on any atom is -0.337 e. The fourth-order valence-corrected chi connectivity index (χ4v) is 2.92. The van der Waals surface area contributed by atoms with E-state index in [2.05, 4.69) is 31.6 Å². The van der Waals surface area contributed by atoms with Gasteiger partial charge in [-0.2, -0.15) is 0 Å². The number of nitrogens with zero attached hydrogens (tertiary/aromatic N) is 4. The average molecular weight is 341 g/mol. The third-order valence-electron chi connectivity index (χ3n) is 3.93. The molecule has 2 aromatic heterocycles. The Labute approximate surface area is 147 Å². The van der Waals surface area contributed by atoms with Crippen molar-refractivity contribution in [1.82, 2.24) is 19.4 Å². The highest BCUT2D eigenvalue weighted by molar-refractivity contribution is 6.31. The summed E-state index contributed by atoms with van der Waals surface area (Å²) in [6, 6.07) is 12.1. The maximum absolute atomic E-state index is 6.34. The predicted octanol–water partition coefficient (Wildman–Crippen LogP) is 4.02. The zero-order valence-electron chi connectivity index (χ0n) is 13.6. The summed E-state index contributed by atoms with van der Waals surface area (Å²) in [7, 11) is 0. The molecule has 5 heteroatoms. The molecule has 0 atom stereocenters. The van der Waals surface area contributed by atoms with Crippen LogP contribution in [-0.2, 0) is 19.6 Å². The minimum absolute atomic E-state index is 0.822. The topological polar surface area (TPSA) is 34.0 Å². The molecule has 2 heterocycles. The Morgan fingerprint density at radius 1 is 1.00 bits per heavy atom. The molecule has 0 saturated heterocycles. The van der Waals surface area contributed by atoms with Crippen LogP contribution in [0.25, 0.3) is 0 Å². The molecule has 0 N–H and O–H groups in total. The van der Waals surface area contributed by atoms with Gasteiger partial charge in [-0.1, -0.05) is 35.9 Å². The lowest BCUT2D eigenvalue weighted by Gasteiger charge is -2.23. The van der Waals surface area contributed by atoms with E-state index >= 15 is 0 Å². The standard InChI is InChI=1S/C19H21ClN4/c20-19-7-2-1-6-18(19)15-24(14-17-5-3-8-21-13-17)11-4-10-23-12-9-22-16-23/h1-3,5-9,12-13,16H,4,10-11,14-15H2. The highest BCUT2D eigenvalue weighted by Crippen LogP contribution is 2.18. The van der Waals surface area contributed by atoms with Gasteiger partial charge in [0.05, 0.1) is 6.33 Å². The van der Waals surface area contributed by atoms with Crippen molar-refractivity contribution >= 4 is 11.6 Å². The summed E-state index contributed by atoms with van der Waals surface area (Å²) in [5, 5.41) is 0.822. The SMILES string of the molecule is Clc1ccccc1CN(CCCn1ccnc1)Cc1cccnc1. The second kappa shape index (κ2) is 8.62. The van der Waals surface area contributed by atoms with Gasteiger partial charge in [-0.15, -0.1) is 0 Å². The Hall–Kier alpha value is -2.17. The summed E-state index contributed by atoms with van der Waals surface area (Å²) in [5.74, 6) is 0. The maximum Gasteiger partial charge on any atom is 0.0945 e. The third-order valence-corrected chi connectivity index (χ3v) is 4.30. The third kappa shape index (κ3) is 4.91. The Morgan fingerprint density at radius 2 is 1.92 bits per heavy atom. The summed E-state index contributed by atoms with van der Waals surface area (Å²) in [6.45, 7) is 3.64. The molecule has 3 aromatic rings. The zero-order valence-corrected chi connectivity index (χ0v) is 14.3. The van der Waals surface area contributed by atoms with Gasteiger partial charge in [-0.05, 0) is 29.7 Å². The number of pyridine rings is 1. The Bertz CT molecular complexity index is 728. The number of benzene rings is 1. The lowest BCUT2D eigenvalue weighted by molar-refractivity contribution is 0.248. The highest BCUT2D eigenvalue weighted by Gasteiger charge is 2.09. The molecule has 0 aliphatic carbocycles. The first kappa shape index (κ1) is 16.7. The van der Waals surface area contributed by atoms with Crippen molar-refractivity contribution in [3.8, 4) is 0 Å². The molecule has 1 aromatic carbocycles. The molecule has 0 spiro atoms. The molecule has 0 saturated carbocycles. The van der Waals surface area contributed by atoms with Crippen molar-refractivity contribution in [1.29, 1.82) is 0 Å². The van der Waals surface area contributed by atoms with Crippen molar-refractivity contribution in [2.24, 2.45) is 0 Å². The first-order chi connectivity index (χ1) is 11.8. The maximum atomic E-state index is 6.34. The van der Waals surface area contributed by atoms with Crippen LogP contribution in [0.15, 0.2) is 67.5 Å². The van der Waals surface area contributed by atoms with E-state index in [0.717, 1.165) is 43.2 Å². The molecule has 24 heavy (non-hydrogen) atoms. The lowest BCUT2D eigenvalue weighted by Crippen LogP contribution is -2.25. The van der Waals surface area contributed by atoms with Crippen molar-refractivity contribution in [2.45, 2.75) is 26.1 Å². The van der Waals surface area contributed by atoms with Crippen LogP contribution in [0, 0.1) is 0 Å². The molecule has 0 radical (unpaired) electrons. The largest absolute Gasteiger partial charge is 0.337 e. The molecule has 124 valence electrons. The zero-order chi connectivity index (χ0) is 16.6. The molecule has 0 fully saturated rings. The fraction of sp³-hybridized carbons (Fsp3) is 0.263. The number of aryl methyl sites for hydroxylation is 1. The van der Waals surface area contributed by atoms with Gasteiger partial charge in [0.25, 0.3) is 0 Å². The smallest absolute Gasteiger partial charge is 0.0945 e. The van der Waals surface area contributed by atoms with Crippen LogP contribution in [0.3, 0.4) is 0 Å². The number of halogens is 1. The van der Waals surface area contributed by atoms with E-state index < -0.39 is 0 Å². The van der Waals surface area contributed by atoms with Gasteiger partial charge in [-0.25, -0.2) is 4.98 Å². The second-order valence-electron chi connectivity index (χ2n) is 5.82. The molecule has 0 aliphatic rings. The predicted molar refractivity (Wildman–Crippen MR) is 96.6 cm³/mol. The monoisotopic (exact) mass is 340 g/mol. The van der Waals surface area contributed by atoms with Crippen LogP contribution >= 0.6 is 11.6 Å². The molecular formula is C19H21ClN4. The summed E-state index contributed by atoms with van der Waals surface area (Å²) < 4.78 is 2.11. The Morgan fingerprint density at radius 3 is 2.67 bits per heavy atom.